The van der Waals surface area contributed by atoms with Crippen LogP contribution in [0.4, 0.5) is 0 Å². The van der Waals surface area contributed by atoms with Crippen molar-refractivity contribution in [2.45, 2.75) is 77.0 Å². The summed E-state index contributed by atoms with van der Waals surface area (Å²) in [4.78, 5) is 88.6. The zero-order valence-corrected chi connectivity index (χ0v) is 28.9. The second-order valence-electron chi connectivity index (χ2n) is 11.2. The molecule has 2 aromatic rings. The molecule has 254 valence electrons. The average Bonchev–Trinajstić information content (AvgIpc) is 3.02. The summed E-state index contributed by atoms with van der Waals surface area (Å²) in [5.74, 6) is -5.97. The number of aliphatic carboxylic acids is 1. The van der Waals surface area contributed by atoms with E-state index in [1.807, 2.05) is 30.3 Å². The predicted octanol–water partition coefficient (Wildman–Crippen LogP) is 2.15. The Morgan fingerprint density at radius 2 is 1.40 bits per heavy atom. The van der Waals surface area contributed by atoms with Gasteiger partial charge in [-0.05, 0) is 78.1 Å². The molecule has 0 radical (unpaired) electrons. The summed E-state index contributed by atoms with van der Waals surface area (Å²) < 4.78 is 5.54. The zero-order valence-electron chi connectivity index (χ0n) is 26.7. The van der Waals surface area contributed by atoms with E-state index in [-0.39, 0.29) is 12.0 Å². The Kier molecular flexibility index (Phi) is 16.0. The highest BCUT2D eigenvalue weighted by Crippen LogP contribution is 2.11. The van der Waals surface area contributed by atoms with Crippen LogP contribution in [-0.2, 0) is 39.9 Å². The van der Waals surface area contributed by atoms with Crippen molar-refractivity contribution < 1.29 is 43.4 Å². The van der Waals surface area contributed by atoms with E-state index < -0.39 is 84.3 Å². The molecule has 2 aromatic carbocycles. The molecule has 0 aliphatic rings. The van der Waals surface area contributed by atoms with Crippen LogP contribution < -0.4 is 21.3 Å². The van der Waals surface area contributed by atoms with E-state index in [0.717, 1.165) is 16.2 Å². The Balaban J connectivity index is 2.06. The molecule has 0 spiro atoms. The summed E-state index contributed by atoms with van der Waals surface area (Å²) in [7, 11) is 1.13. The molecule has 0 heterocycles. The lowest BCUT2D eigenvalue weighted by Crippen LogP contribution is -2.58. The summed E-state index contributed by atoms with van der Waals surface area (Å²) in [5.41, 5.74) is 1.27. The molecule has 14 heteroatoms. The van der Waals surface area contributed by atoms with Gasteiger partial charge in [0.15, 0.2) is 5.78 Å². The quantitative estimate of drug-likeness (QED) is 0.112. The minimum Gasteiger partial charge on any atom is -0.481 e. The van der Waals surface area contributed by atoms with Gasteiger partial charge in [-0.3, -0.25) is 33.6 Å². The molecule has 47 heavy (non-hydrogen) atoms. The van der Waals surface area contributed by atoms with E-state index >= 15 is 0 Å². The van der Waals surface area contributed by atoms with Gasteiger partial charge in [-0.15, -0.1) is 0 Å². The number of nitrogens with one attached hydrogen (secondary N) is 4. The molecule has 0 aromatic heterocycles. The highest BCUT2D eigenvalue weighted by molar-refractivity contribution is 14.1. The smallest absolute Gasteiger partial charge is 0.308 e. The lowest BCUT2D eigenvalue weighted by atomic mass is 9.99. The maximum absolute atomic E-state index is 13.2. The average molecular weight is 765 g/mol. The number of methoxy groups -OCH3 is 1. The minimum absolute atomic E-state index is 0.0434. The van der Waals surface area contributed by atoms with Crippen molar-refractivity contribution in [2.24, 2.45) is 5.92 Å². The number of amides is 4. The number of rotatable bonds is 18. The van der Waals surface area contributed by atoms with E-state index in [2.05, 4.69) is 48.6 Å². The maximum Gasteiger partial charge on any atom is 0.308 e. The van der Waals surface area contributed by atoms with Gasteiger partial charge in [-0.2, -0.15) is 0 Å². The highest BCUT2D eigenvalue weighted by atomic mass is 127. The second kappa shape index (κ2) is 19.4. The lowest BCUT2D eigenvalue weighted by Gasteiger charge is -2.26. The number of benzene rings is 2. The predicted molar refractivity (Wildman–Crippen MR) is 180 cm³/mol. The first kappa shape index (κ1) is 38.8. The van der Waals surface area contributed by atoms with Gasteiger partial charge in [-0.1, -0.05) is 44.2 Å². The highest BCUT2D eigenvalue weighted by Gasteiger charge is 2.32. The number of Topliss-reactive ketones (excluding diaryl/α,β-unsaturated/α-hetero) is 1. The lowest BCUT2D eigenvalue weighted by molar-refractivity contribution is -0.143. The third kappa shape index (κ3) is 13.5. The summed E-state index contributed by atoms with van der Waals surface area (Å²) in [6, 6.07) is 10.9. The molecule has 0 unspecified atom stereocenters. The molecule has 0 saturated heterocycles. The molecule has 2 rings (SSSR count). The van der Waals surface area contributed by atoms with Gasteiger partial charge in [0.25, 0.3) is 5.91 Å². The van der Waals surface area contributed by atoms with Gasteiger partial charge < -0.3 is 31.1 Å². The molecule has 5 N–H and O–H groups in total. The minimum atomic E-state index is -1.38. The third-order valence-corrected chi connectivity index (χ3v) is 7.86. The van der Waals surface area contributed by atoms with Crippen LogP contribution in [0.2, 0.25) is 0 Å². The van der Waals surface area contributed by atoms with Crippen LogP contribution >= 0.6 is 22.6 Å². The molecule has 4 atom stereocenters. The normalized spacial score (nSPS) is 13.3. The summed E-state index contributed by atoms with van der Waals surface area (Å²) in [6.07, 6.45) is -0.0322. The first-order valence-electron chi connectivity index (χ1n) is 15.0. The number of carbonyl (C=O) groups excluding carboxylic acids is 6. The Labute approximate surface area is 287 Å². The summed E-state index contributed by atoms with van der Waals surface area (Å²) in [5, 5.41) is 19.3. The molecule has 0 saturated carbocycles. The van der Waals surface area contributed by atoms with Crippen molar-refractivity contribution >= 4 is 63.9 Å². The fraction of sp³-hybridized carbons (Fsp3) is 0.424. The maximum atomic E-state index is 13.2. The van der Waals surface area contributed by atoms with Crippen LogP contribution in [0.3, 0.4) is 0 Å². The van der Waals surface area contributed by atoms with Gasteiger partial charge in [0.2, 0.25) is 17.7 Å². The van der Waals surface area contributed by atoms with Crippen molar-refractivity contribution in [1.29, 1.82) is 0 Å². The molecule has 0 aliphatic carbocycles. The van der Waals surface area contributed by atoms with E-state index in [1.54, 1.807) is 38.1 Å². The fourth-order valence-corrected chi connectivity index (χ4v) is 4.82. The molecule has 4 amide bonds. The van der Waals surface area contributed by atoms with Gasteiger partial charge >= 0.3 is 11.9 Å². The van der Waals surface area contributed by atoms with Crippen LogP contribution in [0.15, 0.2) is 54.6 Å². The van der Waals surface area contributed by atoms with Gasteiger partial charge in [0.05, 0.1) is 26.0 Å². The standard InChI is InChI=1S/C33H41IN4O9/c1-19(2)29(33(46)36-24(17-27(40)41)26(39)12-8-11-21-9-6-5-7-10-21)38-30(43)20(3)35-32(45)25(18-28(42)47-4)37-31(44)22-13-15-23(34)16-14-22/h5-7,9-10,13-16,19-20,24-25,29H,8,11-12,17-18H2,1-4H3,(H,35,45)(H,36,46)(H,37,44)(H,38,43)(H,40,41)/t20-,24-,25-,29-/m0/s1. The van der Waals surface area contributed by atoms with Crippen molar-refractivity contribution in [1.82, 2.24) is 21.3 Å². The molecule has 13 nitrogen and oxygen atoms in total. The SMILES string of the molecule is COC(=O)C[C@H](NC(=O)c1ccc(I)cc1)C(=O)N[C@@H](C)C(=O)N[C@H](C(=O)N[C@@H](CC(=O)O)C(=O)CCCc1ccccc1)C(C)C. The topological polar surface area (TPSA) is 197 Å². The zero-order chi connectivity index (χ0) is 35.1. The third-order valence-electron chi connectivity index (χ3n) is 7.14. The van der Waals surface area contributed by atoms with Crippen molar-refractivity contribution in [3.05, 3.63) is 69.3 Å². The van der Waals surface area contributed by atoms with E-state index in [9.17, 15) is 38.7 Å². The summed E-state index contributed by atoms with van der Waals surface area (Å²) in [6.45, 7) is 4.64. The van der Waals surface area contributed by atoms with Crippen molar-refractivity contribution in [3.63, 3.8) is 0 Å². The number of carboxylic acid groups (broad SMARTS) is 1. The van der Waals surface area contributed by atoms with E-state index in [1.165, 1.54) is 6.92 Å². The Hall–Kier alpha value is -4.34. The number of halogens is 1. The first-order valence-corrected chi connectivity index (χ1v) is 16.1. The number of carbonyl (C=O) groups is 7. The van der Waals surface area contributed by atoms with Crippen LogP contribution in [0.5, 0.6) is 0 Å². The second-order valence-corrected chi connectivity index (χ2v) is 12.5. The van der Waals surface area contributed by atoms with Crippen LogP contribution in [0.1, 0.15) is 62.4 Å². The Morgan fingerprint density at radius 3 is 1.98 bits per heavy atom. The van der Waals surface area contributed by atoms with Gasteiger partial charge in [-0.25, -0.2) is 0 Å². The number of ether oxygens (including phenoxy) is 1. The fourth-order valence-electron chi connectivity index (χ4n) is 4.46. The van der Waals surface area contributed by atoms with Crippen LogP contribution in [0.25, 0.3) is 0 Å². The molecule has 0 aliphatic heterocycles. The molecule has 0 fully saturated rings. The van der Waals surface area contributed by atoms with E-state index in [0.29, 0.717) is 12.8 Å². The molecular formula is C33H41IN4O9. The number of hydrogen-bond donors (Lipinski definition) is 5. The number of carboxylic acids is 1. The van der Waals surface area contributed by atoms with Crippen molar-refractivity contribution in [2.75, 3.05) is 7.11 Å². The van der Waals surface area contributed by atoms with Crippen LogP contribution in [0, 0.1) is 9.49 Å². The van der Waals surface area contributed by atoms with Crippen LogP contribution in [-0.4, -0.2) is 77.7 Å². The van der Waals surface area contributed by atoms with E-state index in [4.69, 9.17) is 0 Å². The largest absolute Gasteiger partial charge is 0.481 e. The monoisotopic (exact) mass is 764 g/mol. The molecular weight excluding hydrogens is 723 g/mol. The molecule has 0 bridgehead atoms. The number of aryl methyl sites for hydroxylation is 1. The number of hydrogen-bond acceptors (Lipinski definition) is 8. The number of esters is 1. The first-order chi connectivity index (χ1) is 22.2. The van der Waals surface area contributed by atoms with Gasteiger partial charge in [0.1, 0.15) is 18.1 Å². The Morgan fingerprint density at radius 1 is 0.766 bits per heavy atom. The number of ketones is 1. The summed E-state index contributed by atoms with van der Waals surface area (Å²) >= 11 is 2.07. The van der Waals surface area contributed by atoms with Gasteiger partial charge in [0, 0.05) is 15.6 Å². The Bertz CT molecular complexity index is 1420. The van der Waals surface area contributed by atoms with Crippen molar-refractivity contribution in [3.8, 4) is 0 Å².